The van der Waals surface area contributed by atoms with Crippen LogP contribution in [0, 0.1) is 11.8 Å². The molecule has 0 unspecified atom stereocenters. The molecule has 2 saturated heterocycles. The van der Waals surface area contributed by atoms with Gasteiger partial charge in [-0.25, -0.2) is 0 Å². The minimum atomic E-state index is 0.903. The molecule has 13 heavy (non-hydrogen) atoms. The fourth-order valence-electron chi connectivity index (χ4n) is 3.17. The lowest BCUT2D eigenvalue weighted by molar-refractivity contribution is 0.166. The molecule has 0 amide bonds. The van der Waals surface area contributed by atoms with Crippen LogP contribution >= 0.6 is 0 Å². The largest absolute Gasteiger partial charge is 0.315 e. The summed E-state index contributed by atoms with van der Waals surface area (Å²) >= 11 is 0. The minimum absolute atomic E-state index is 0.903. The monoisotopic (exact) mass is 180 g/mol. The zero-order chi connectivity index (χ0) is 8.67. The van der Waals surface area contributed by atoms with Gasteiger partial charge in [0.05, 0.1) is 0 Å². The summed E-state index contributed by atoms with van der Waals surface area (Å²) in [5.41, 5.74) is 0. The Kier molecular flexibility index (Phi) is 2.06. The van der Waals surface area contributed by atoms with E-state index in [0.717, 1.165) is 17.9 Å². The topological polar surface area (TPSA) is 15.3 Å². The van der Waals surface area contributed by atoms with Crippen molar-refractivity contribution in [1.82, 2.24) is 10.2 Å². The van der Waals surface area contributed by atoms with Gasteiger partial charge in [-0.2, -0.15) is 0 Å². The summed E-state index contributed by atoms with van der Waals surface area (Å²) in [6, 6.07) is 0.903. The number of nitrogens with one attached hydrogen (secondary N) is 1. The van der Waals surface area contributed by atoms with Crippen LogP contribution < -0.4 is 5.32 Å². The molecule has 0 aromatic heterocycles. The van der Waals surface area contributed by atoms with Crippen molar-refractivity contribution in [2.75, 3.05) is 26.2 Å². The smallest absolute Gasteiger partial charge is 0.0261 e. The first-order valence-electron chi connectivity index (χ1n) is 5.88. The molecule has 2 heterocycles. The molecular weight excluding hydrogens is 160 g/mol. The summed E-state index contributed by atoms with van der Waals surface area (Å²) in [5.74, 6) is 2.04. The Morgan fingerprint density at radius 2 is 2.08 bits per heavy atom. The van der Waals surface area contributed by atoms with E-state index < -0.39 is 0 Å². The van der Waals surface area contributed by atoms with Crippen LogP contribution in [0.3, 0.4) is 0 Å². The van der Waals surface area contributed by atoms with Gasteiger partial charge in [-0.05, 0) is 44.2 Å². The van der Waals surface area contributed by atoms with Crippen molar-refractivity contribution in [2.24, 2.45) is 11.8 Å². The summed E-state index contributed by atoms with van der Waals surface area (Å²) in [4.78, 5) is 2.76. The first kappa shape index (κ1) is 8.25. The van der Waals surface area contributed by atoms with E-state index in [-0.39, 0.29) is 0 Å². The van der Waals surface area contributed by atoms with Crippen molar-refractivity contribution in [3.8, 4) is 0 Å². The van der Waals surface area contributed by atoms with Crippen LogP contribution in [0.4, 0.5) is 0 Å². The Morgan fingerprint density at radius 1 is 1.15 bits per heavy atom. The number of nitrogens with zero attached hydrogens (tertiary/aromatic N) is 1. The van der Waals surface area contributed by atoms with Crippen molar-refractivity contribution in [3.05, 3.63) is 0 Å². The van der Waals surface area contributed by atoms with E-state index in [2.05, 4.69) is 10.2 Å². The fourth-order valence-corrected chi connectivity index (χ4v) is 3.17. The molecule has 2 aliphatic heterocycles. The average molecular weight is 180 g/mol. The molecule has 1 saturated carbocycles. The minimum Gasteiger partial charge on any atom is -0.315 e. The Bertz CT molecular complexity index is 189. The van der Waals surface area contributed by atoms with Crippen LogP contribution in [0.15, 0.2) is 0 Å². The maximum Gasteiger partial charge on any atom is 0.0261 e. The Labute approximate surface area is 80.7 Å². The number of hydrogen-bond acceptors (Lipinski definition) is 2. The lowest BCUT2D eigenvalue weighted by atomic mass is 9.85. The molecule has 2 atom stereocenters. The maximum absolute atomic E-state index is 3.52. The Morgan fingerprint density at radius 3 is 2.85 bits per heavy atom. The van der Waals surface area contributed by atoms with Crippen LogP contribution in [0.2, 0.25) is 0 Å². The zero-order valence-corrected chi connectivity index (χ0v) is 8.34. The number of rotatable bonds is 2. The predicted molar refractivity (Wildman–Crippen MR) is 53.7 cm³/mol. The maximum atomic E-state index is 3.52. The van der Waals surface area contributed by atoms with E-state index in [1.165, 1.54) is 51.9 Å². The first-order valence-corrected chi connectivity index (χ1v) is 5.88. The molecule has 1 N–H and O–H groups in total. The summed E-state index contributed by atoms with van der Waals surface area (Å²) in [5, 5.41) is 3.52. The highest BCUT2D eigenvalue weighted by Gasteiger charge is 2.38. The standard InChI is InChI=1S/C11H20N2/c1-2-9(3-1)8-13-5-4-10-6-12-7-11(10)13/h9-12H,1-8H2/t10-,11+/m0/s1. The molecule has 3 aliphatic rings. The molecule has 0 spiro atoms. The molecule has 0 bridgehead atoms. The summed E-state index contributed by atoms with van der Waals surface area (Å²) < 4.78 is 0. The Hall–Kier alpha value is -0.0800. The molecule has 74 valence electrons. The molecule has 2 heteroatoms. The molecule has 1 aliphatic carbocycles. The second kappa shape index (κ2) is 3.25. The van der Waals surface area contributed by atoms with E-state index >= 15 is 0 Å². The van der Waals surface area contributed by atoms with Crippen LogP contribution in [0.1, 0.15) is 25.7 Å². The predicted octanol–water partition coefficient (Wildman–Crippen LogP) is 1.08. The highest BCUT2D eigenvalue weighted by Crippen LogP contribution is 2.32. The van der Waals surface area contributed by atoms with Crippen LogP contribution in [0.25, 0.3) is 0 Å². The van der Waals surface area contributed by atoms with Gasteiger partial charge in [-0.3, -0.25) is 4.90 Å². The fraction of sp³-hybridized carbons (Fsp3) is 1.00. The van der Waals surface area contributed by atoms with Crippen molar-refractivity contribution >= 4 is 0 Å². The molecule has 0 radical (unpaired) electrons. The molecular formula is C11H20N2. The lowest BCUT2D eigenvalue weighted by Crippen LogP contribution is -2.39. The molecule has 0 aromatic carbocycles. The Balaban J connectivity index is 1.58. The van der Waals surface area contributed by atoms with E-state index in [1.54, 1.807) is 0 Å². The quantitative estimate of drug-likeness (QED) is 0.684. The molecule has 3 fully saturated rings. The van der Waals surface area contributed by atoms with Crippen molar-refractivity contribution in [3.63, 3.8) is 0 Å². The number of fused-ring (bicyclic) bond motifs is 1. The second-order valence-corrected chi connectivity index (χ2v) is 5.07. The highest BCUT2D eigenvalue weighted by atomic mass is 15.2. The number of hydrogen-bond donors (Lipinski definition) is 1. The third-order valence-electron chi connectivity index (χ3n) is 4.28. The van der Waals surface area contributed by atoms with E-state index in [1.807, 2.05) is 0 Å². The highest BCUT2D eigenvalue weighted by molar-refractivity contribution is 4.95. The van der Waals surface area contributed by atoms with Crippen molar-refractivity contribution < 1.29 is 0 Å². The van der Waals surface area contributed by atoms with E-state index in [4.69, 9.17) is 0 Å². The van der Waals surface area contributed by atoms with E-state index in [9.17, 15) is 0 Å². The van der Waals surface area contributed by atoms with Crippen LogP contribution in [0.5, 0.6) is 0 Å². The van der Waals surface area contributed by atoms with Crippen molar-refractivity contribution in [1.29, 1.82) is 0 Å². The molecule has 0 aromatic rings. The van der Waals surface area contributed by atoms with Gasteiger partial charge in [0.1, 0.15) is 0 Å². The summed E-state index contributed by atoms with van der Waals surface area (Å²) in [6.45, 7) is 5.33. The SMILES string of the molecule is C1CC(CN2CC[C@H]3CNC[C@H]32)C1. The normalized spacial score (nSPS) is 40.6. The summed E-state index contributed by atoms with van der Waals surface area (Å²) in [6.07, 6.45) is 5.94. The third-order valence-corrected chi connectivity index (χ3v) is 4.28. The lowest BCUT2D eigenvalue weighted by Gasteiger charge is -2.32. The van der Waals surface area contributed by atoms with Gasteiger partial charge in [0.25, 0.3) is 0 Å². The van der Waals surface area contributed by atoms with E-state index in [0.29, 0.717) is 0 Å². The van der Waals surface area contributed by atoms with Crippen LogP contribution in [-0.2, 0) is 0 Å². The number of likely N-dealkylation sites (tertiary alicyclic amines) is 1. The van der Waals surface area contributed by atoms with Crippen LogP contribution in [-0.4, -0.2) is 37.1 Å². The third kappa shape index (κ3) is 1.40. The van der Waals surface area contributed by atoms with Gasteiger partial charge in [-0.1, -0.05) is 6.42 Å². The van der Waals surface area contributed by atoms with Gasteiger partial charge in [0.2, 0.25) is 0 Å². The molecule has 2 nitrogen and oxygen atoms in total. The summed E-state index contributed by atoms with van der Waals surface area (Å²) in [7, 11) is 0. The molecule has 3 rings (SSSR count). The average Bonchev–Trinajstić information content (AvgIpc) is 2.58. The first-order chi connectivity index (χ1) is 6.43. The van der Waals surface area contributed by atoms with Crippen molar-refractivity contribution in [2.45, 2.75) is 31.7 Å². The zero-order valence-electron chi connectivity index (χ0n) is 8.34. The van der Waals surface area contributed by atoms with Gasteiger partial charge in [0, 0.05) is 19.1 Å². The van der Waals surface area contributed by atoms with Gasteiger partial charge >= 0.3 is 0 Å². The van der Waals surface area contributed by atoms with Gasteiger partial charge in [0.15, 0.2) is 0 Å². The van der Waals surface area contributed by atoms with Gasteiger partial charge in [-0.15, -0.1) is 0 Å². The van der Waals surface area contributed by atoms with Gasteiger partial charge < -0.3 is 5.32 Å². The second-order valence-electron chi connectivity index (χ2n) is 5.07.